The molecule has 11 heteroatoms. The molecule has 0 bridgehead atoms. The molecule has 1 N–H and O–H groups in total. The van der Waals surface area contributed by atoms with Gasteiger partial charge in [0, 0.05) is 66.7 Å². The monoisotopic (exact) mass is 604 g/mol. The molecule has 3 aromatic rings. The van der Waals surface area contributed by atoms with E-state index in [4.69, 9.17) is 23.2 Å². The van der Waals surface area contributed by atoms with Crippen LogP contribution in [0.2, 0.25) is 10.0 Å². The number of halogens is 3. The molecule has 0 atom stereocenters. The maximum Gasteiger partial charge on any atom is 0.264 e. The number of carbonyl (C=O) groups is 1. The Morgan fingerprint density at radius 3 is 2.20 bits per heavy atom. The van der Waals surface area contributed by atoms with Gasteiger partial charge in [-0.25, -0.2) is 12.8 Å². The van der Waals surface area contributed by atoms with Crippen LogP contribution in [-0.4, -0.2) is 69.4 Å². The van der Waals surface area contributed by atoms with E-state index in [1.807, 2.05) is 23.1 Å². The van der Waals surface area contributed by atoms with Gasteiger partial charge in [-0.15, -0.1) is 0 Å². The van der Waals surface area contributed by atoms with Gasteiger partial charge in [0.25, 0.3) is 10.0 Å². The van der Waals surface area contributed by atoms with Crippen molar-refractivity contribution in [1.82, 2.24) is 9.80 Å². The van der Waals surface area contributed by atoms with Crippen LogP contribution in [0.25, 0.3) is 0 Å². The number of amides is 1. The number of likely N-dealkylation sites (tertiary alicyclic amines) is 1. The van der Waals surface area contributed by atoms with Gasteiger partial charge in [-0.1, -0.05) is 41.4 Å². The topological polar surface area (TPSA) is 73.0 Å². The SMILES string of the molecule is O=C(Cc1ccc(NS(=O)(=O)c2ccc(Cl)cc2F)cc1)N1CCC(N2CCN(c3cccc(Cl)c3)CC2)CC1. The number of piperazine rings is 1. The summed E-state index contributed by atoms with van der Waals surface area (Å²) < 4.78 is 41.6. The number of carbonyl (C=O) groups excluding carboxylic acids is 1. The highest BCUT2D eigenvalue weighted by Crippen LogP contribution is 2.25. The lowest BCUT2D eigenvalue weighted by molar-refractivity contribution is -0.132. The fraction of sp³-hybridized carbons (Fsp3) is 0.345. The maximum absolute atomic E-state index is 14.1. The highest BCUT2D eigenvalue weighted by atomic mass is 35.5. The smallest absolute Gasteiger partial charge is 0.264 e. The van der Waals surface area contributed by atoms with E-state index < -0.39 is 20.7 Å². The summed E-state index contributed by atoms with van der Waals surface area (Å²) in [6.45, 7) is 5.35. The molecule has 0 unspecified atom stereocenters. The summed E-state index contributed by atoms with van der Waals surface area (Å²) >= 11 is 11.9. The number of benzene rings is 3. The molecule has 2 saturated heterocycles. The predicted molar refractivity (Wildman–Crippen MR) is 157 cm³/mol. The van der Waals surface area contributed by atoms with Crippen LogP contribution in [0.5, 0.6) is 0 Å². The molecule has 3 aromatic carbocycles. The van der Waals surface area contributed by atoms with Crippen LogP contribution in [0.15, 0.2) is 71.6 Å². The van der Waals surface area contributed by atoms with E-state index in [2.05, 4.69) is 20.6 Å². The summed E-state index contributed by atoms with van der Waals surface area (Å²) in [6, 6.07) is 18.4. The van der Waals surface area contributed by atoms with Crippen LogP contribution >= 0.6 is 23.2 Å². The minimum atomic E-state index is -4.12. The molecule has 2 aliphatic heterocycles. The molecular formula is C29H31Cl2FN4O3S. The van der Waals surface area contributed by atoms with Gasteiger partial charge >= 0.3 is 0 Å². The van der Waals surface area contributed by atoms with Crippen LogP contribution in [0.3, 0.4) is 0 Å². The summed E-state index contributed by atoms with van der Waals surface area (Å²) in [7, 11) is -4.12. The molecule has 0 saturated carbocycles. The highest BCUT2D eigenvalue weighted by Gasteiger charge is 2.29. The van der Waals surface area contributed by atoms with Crippen molar-refractivity contribution < 1.29 is 17.6 Å². The molecule has 0 spiro atoms. The molecule has 2 heterocycles. The minimum absolute atomic E-state index is 0.0563. The summed E-state index contributed by atoms with van der Waals surface area (Å²) in [6.07, 6.45) is 2.14. The largest absolute Gasteiger partial charge is 0.369 e. The standard InChI is InChI=1S/C29H31Cl2FN4O3S/c30-22-2-1-3-26(19-22)35-16-14-34(15-17-35)25-10-12-36(13-11-25)29(37)18-21-4-7-24(8-5-21)33-40(38,39)28-9-6-23(31)20-27(28)32/h1-9,19-20,25,33H,10-18H2. The zero-order valence-corrected chi connectivity index (χ0v) is 24.2. The fourth-order valence-electron chi connectivity index (χ4n) is 5.38. The summed E-state index contributed by atoms with van der Waals surface area (Å²) in [4.78, 5) is 19.3. The van der Waals surface area contributed by atoms with Crippen LogP contribution in [0, 0.1) is 5.82 Å². The Balaban J connectivity index is 1.09. The van der Waals surface area contributed by atoms with Gasteiger partial charge in [0.15, 0.2) is 0 Å². The first-order chi connectivity index (χ1) is 19.2. The molecule has 0 aromatic heterocycles. The van der Waals surface area contributed by atoms with E-state index in [-0.39, 0.29) is 23.0 Å². The second kappa shape index (κ2) is 12.3. The number of rotatable bonds is 7. The van der Waals surface area contributed by atoms with Gasteiger partial charge < -0.3 is 9.80 Å². The molecular weight excluding hydrogens is 574 g/mol. The lowest BCUT2D eigenvalue weighted by atomic mass is 10.0. The average molecular weight is 606 g/mol. The van der Waals surface area contributed by atoms with Crippen molar-refractivity contribution in [3.8, 4) is 0 Å². The second-order valence-electron chi connectivity index (χ2n) is 10.2. The van der Waals surface area contributed by atoms with Crippen molar-refractivity contribution in [2.24, 2.45) is 0 Å². The molecule has 40 heavy (non-hydrogen) atoms. The van der Waals surface area contributed by atoms with Gasteiger partial charge in [-0.2, -0.15) is 0 Å². The summed E-state index contributed by atoms with van der Waals surface area (Å²) in [5, 5.41) is 0.867. The fourth-order valence-corrected chi connectivity index (χ4v) is 6.84. The van der Waals surface area contributed by atoms with Crippen molar-refractivity contribution >= 4 is 50.5 Å². The Morgan fingerprint density at radius 2 is 1.55 bits per heavy atom. The summed E-state index contributed by atoms with van der Waals surface area (Å²) in [5.74, 6) is -0.869. The third kappa shape index (κ3) is 6.89. The number of nitrogens with zero attached hydrogens (tertiary/aromatic N) is 3. The van der Waals surface area contributed by atoms with Crippen molar-refractivity contribution in [2.45, 2.75) is 30.2 Å². The van der Waals surface area contributed by atoms with Crippen LogP contribution in [-0.2, 0) is 21.2 Å². The molecule has 7 nitrogen and oxygen atoms in total. The molecule has 0 radical (unpaired) electrons. The lowest BCUT2D eigenvalue weighted by Gasteiger charge is -2.43. The summed E-state index contributed by atoms with van der Waals surface area (Å²) in [5.41, 5.74) is 2.22. The number of sulfonamides is 1. The number of nitrogens with one attached hydrogen (secondary N) is 1. The van der Waals surface area contributed by atoms with Crippen molar-refractivity contribution in [2.75, 3.05) is 48.9 Å². The van der Waals surface area contributed by atoms with Crippen molar-refractivity contribution in [3.63, 3.8) is 0 Å². The maximum atomic E-state index is 14.1. The van der Waals surface area contributed by atoms with Crippen molar-refractivity contribution in [1.29, 1.82) is 0 Å². The number of piperidine rings is 1. The predicted octanol–water partition coefficient (Wildman–Crippen LogP) is 5.29. The minimum Gasteiger partial charge on any atom is -0.369 e. The Morgan fingerprint density at radius 1 is 0.875 bits per heavy atom. The number of hydrogen-bond acceptors (Lipinski definition) is 5. The zero-order valence-electron chi connectivity index (χ0n) is 21.9. The molecule has 1 amide bonds. The van der Waals surface area contributed by atoms with E-state index in [0.717, 1.165) is 80.5 Å². The normalized spacial score (nSPS) is 17.2. The van der Waals surface area contributed by atoms with Gasteiger partial charge in [0.2, 0.25) is 5.91 Å². The molecule has 2 fully saturated rings. The number of hydrogen-bond donors (Lipinski definition) is 1. The van der Waals surface area contributed by atoms with Gasteiger partial charge in [0.05, 0.1) is 6.42 Å². The van der Waals surface area contributed by atoms with Crippen LogP contribution < -0.4 is 9.62 Å². The molecule has 212 valence electrons. The quantitative estimate of drug-likeness (QED) is 0.397. The van der Waals surface area contributed by atoms with E-state index in [1.54, 1.807) is 24.3 Å². The Labute approximate surface area is 244 Å². The molecule has 0 aliphatic carbocycles. The Kier molecular flexibility index (Phi) is 8.85. The van der Waals surface area contributed by atoms with E-state index in [1.165, 1.54) is 6.07 Å². The van der Waals surface area contributed by atoms with Crippen LogP contribution in [0.4, 0.5) is 15.8 Å². The molecule has 5 rings (SSSR count). The van der Waals surface area contributed by atoms with Crippen LogP contribution in [0.1, 0.15) is 18.4 Å². The molecule has 2 aliphatic rings. The van der Waals surface area contributed by atoms with E-state index >= 15 is 0 Å². The first-order valence-corrected chi connectivity index (χ1v) is 15.5. The van der Waals surface area contributed by atoms with Gasteiger partial charge in [0.1, 0.15) is 10.7 Å². The van der Waals surface area contributed by atoms with Crippen molar-refractivity contribution in [3.05, 3.63) is 88.2 Å². The third-order valence-electron chi connectivity index (χ3n) is 7.57. The lowest BCUT2D eigenvalue weighted by Crippen LogP contribution is -2.54. The number of anilines is 2. The Hall–Kier alpha value is -2.85. The van der Waals surface area contributed by atoms with E-state index in [0.29, 0.717) is 6.04 Å². The second-order valence-corrected chi connectivity index (χ2v) is 12.7. The van der Waals surface area contributed by atoms with E-state index in [9.17, 15) is 17.6 Å². The first-order valence-electron chi connectivity index (χ1n) is 13.3. The van der Waals surface area contributed by atoms with Gasteiger partial charge in [-0.05, 0) is 66.9 Å². The average Bonchev–Trinajstić information content (AvgIpc) is 2.94. The highest BCUT2D eigenvalue weighted by molar-refractivity contribution is 7.92. The third-order valence-corrected chi connectivity index (χ3v) is 9.45. The zero-order chi connectivity index (χ0) is 28.3. The first kappa shape index (κ1) is 28.7. The van der Waals surface area contributed by atoms with Gasteiger partial charge in [-0.3, -0.25) is 14.4 Å². The Bertz CT molecular complexity index is 1460.